The SMILES string of the molecule is CC(N)C(c1cccnc1)N1CCC(C)(C)CC1. The van der Waals surface area contributed by atoms with Crippen molar-refractivity contribution in [2.45, 2.75) is 45.7 Å². The zero-order valence-corrected chi connectivity index (χ0v) is 11.8. The van der Waals surface area contributed by atoms with Gasteiger partial charge in [0.1, 0.15) is 0 Å². The van der Waals surface area contributed by atoms with E-state index in [1.165, 1.54) is 18.4 Å². The van der Waals surface area contributed by atoms with Crippen LogP contribution in [0.25, 0.3) is 0 Å². The van der Waals surface area contributed by atoms with Crippen molar-refractivity contribution in [3.05, 3.63) is 30.1 Å². The summed E-state index contributed by atoms with van der Waals surface area (Å²) in [5.74, 6) is 0. The van der Waals surface area contributed by atoms with Gasteiger partial charge in [0, 0.05) is 18.4 Å². The summed E-state index contributed by atoms with van der Waals surface area (Å²) in [5.41, 5.74) is 7.92. The van der Waals surface area contributed by atoms with Crippen molar-refractivity contribution in [1.82, 2.24) is 9.88 Å². The number of aromatic nitrogens is 1. The summed E-state index contributed by atoms with van der Waals surface area (Å²) in [7, 11) is 0. The second kappa shape index (κ2) is 5.37. The molecule has 2 atom stereocenters. The number of nitrogens with zero attached hydrogens (tertiary/aromatic N) is 2. The first-order valence-electron chi connectivity index (χ1n) is 6.89. The van der Waals surface area contributed by atoms with E-state index in [0.29, 0.717) is 11.5 Å². The van der Waals surface area contributed by atoms with Crippen molar-refractivity contribution in [2.24, 2.45) is 11.1 Å². The van der Waals surface area contributed by atoms with Crippen molar-refractivity contribution >= 4 is 0 Å². The highest BCUT2D eigenvalue weighted by Crippen LogP contribution is 2.34. The summed E-state index contributed by atoms with van der Waals surface area (Å²) >= 11 is 0. The minimum absolute atomic E-state index is 0.135. The van der Waals surface area contributed by atoms with Gasteiger partial charge in [-0.3, -0.25) is 9.88 Å². The van der Waals surface area contributed by atoms with Crippen LogP contribution in [0.15, 0.2) is 24.5 Å². The van der Waals surface area contributed by atoms with Gasteiger partial charge >= 0.3 is 0 Å². The molecule has 0 amide bonds. The molecule has 1 aromatic heterocycles. The zero-order valence-electron chi connectivity index (χ0n) is 11.8. The van der Waals surface area contributed by atoms with Crippen LogP contribution in [-0.4, -0.2) is 29.0 Å². The molecule has 2 unspecified atom stereocenters. The van der Waals surface area contributed by atoms with Crippen LogP contribution in [0.1, 0.15) is 45.2 Å². The van der Waals surface area contributed by atoms with Gasteiger partial charge in [-0.2, -0.15) is 0 Å². The lowest BCUT2D eigenvalue weighted by atomic mass is 9.81. The third kappa shape index (κ3) is 3.09. The topological polar surface area (TPSA) is 42.1 Å². The van der Waals surface area contributed by atoms with E-state index in [1.807, 2.05) is 18.5 Å². The number of pyridine rings is 1. The predicted molar refractivity (Wildman–Crippen MR) is 75.2 cm³/mol. The van der Waals surface area contributed by atoms with E-state index in [9.17, 15) is 0 Å². The Balaban J connectivity index is 2.13. The van der Waals surface area contributed by atoms with Crippen LogP contribution < -0.4 is 5.73 Å². The standard InChI is InChI=1S/C15H25N3/c1-12(16)14(13-5-4-8-17-11-13)18-9-6-15(2,3)7-10-18/h4-5,8,11-12,14H,6-7,9-10,16H2,1-3H3. The first kappa shape index (κ1) is 13.5. The fraction of sp³-hybridized carbons (Fsp3) is 0.667. The molecule has 2 N–H and O–H groups in total. The normalized spacial score (nSPS) is 23.6. The van der Waals surface area contributed by atoms with E-state index in [4.69, 9.17) is 5.73 Å². The highest BCUT2D eigenvalue weighted by atomic mass is 15.2. The molecule has 1 aromatic rings. The molecule has 100 valence electrons. The molecular formula is C15H25N3. The lowest BCUT2D eigenvalue weighted by Gasteiger charge is -2.42. The molecule has 3 heteroatoms. The lowest BCUT2D eigenvalue weighted by molar-refractivity contribution is 0.0840. The first-order valence-corrected chi connectivity index (χ1v) is 6.89. The first-order chi connectivity index (χ1) is 8.49. The summed E-state index contributed by atoms with van der Waals surface area (Å²) < 4.78 is 0. The Hall–Kier alpha value is -0.930. The number of rotatable bonds is 3. The third-order valence-electron chi connectivity index (χ3n) is 4.07. The van der Waals surface area contributed by atoms with Crippen LogP contribution in [0.3, 0.4) is 0 Å². The maximum absolute atomic E-state index is 6.20. The molecular weight excluding hydrogens is 222 g/mol. The Bertz CT molecular complexity index is 363. The summed E-state index contributed by atoms with van der Waals surface area (Å²) in [6.45, 7) is 9.07. The third-order valence-corrected chi connectivity index (χ3v) is 4.07. The minimum Gasteiger partial charge on any atom is -0.326 e. The minimum atomic E-state index is 0.135. The molecule has 0 aliphatic carbocycles. The van der Waals surface area contributed by atoms with Crippen molar-refractivity contribution in [3.8, 4) is 0 Å². The van der Waals surface area contributed by atoms with Crippen molar-refractivity contribution < 1.29 is 0 Å². The maximum Gasteiger partial charge on any atom is 0.0511 e. The molecule has 3 nitrogen and oxygen atoms in total. The van der Waals surface area contributed by atoms with Gasteiger partial charge in [0.2, 0.25) is 0 Å². The zero-order chi connectivity index (χ0) is 13.2. The van der Waals surface area contributed by atoms with Crippen LogP contribution in [0.5, 0.6) is 0 Å². The van der Waals surface area contributed by atoms with Gasteiger partial charge in [0.15, 0.2) is 0 Å². The van der Waals surface area contributed by atoms with Gasteiger partial charge in [-0.15, -0.1) is 0 Å². The average molecular weight is 247 g/mol. The van der Waals surface area contributed by atoms with Crippen LogP contribution in [0.4, 0.5) is 0 Å². The Kier molecular flexibility index (Phi) is 4.03. The molecule has 2 heterocycles. The predicted octanol–water partition coefficient (Wildman–Crippen LogP) is 2.59. The molecule has 0 bridgehead atoms. The van der Waals surface area contributed by atoms with E-state index in [2.05, 4.69) is 36.7 Å². The van der Waals surface area contributed by atoms with Crippen molar-refractivity contribution in [3.63, 3.8) is 0 Å². The molecule has 0 spiro atoms. The van der Waals surface area contributed by atoms with E-state index in [1.54, 1.807) is 0 Å². The summed E-state index contributed by atoms with van der Waals surface area (Å²) in [6.07, 6.45) is 6.27. The van der Waals surface area contributed by atoms with Gasteiger partial charge in [-0.05, 0) is 49.9 Å². The molecule has 18 heavy (non-hydrogen) atoms. The molecule has 0 saturated carbocycles. The van der Waals surface area contributed by atoms with Crippen LogP contribution >= 0.6 is 0 Å². The largest absolute Gasteiger partial charge is 0.326 e. The molecule has 1 fully saturated rings. The summed E-state index contributed by atoms with van der Waals surface area (Å²) in [5, 5.41) is 0. The number of likely N-dealkylation sites (tertiary alicyclic amines) is 1. The Labute approximate surface area is 110 Å². The smallest absolute Gasteiger partial charge is 0.0511 e. The highest BCUT2D eigenvalue weighted by molar-refractivity contribution is 5.16. The Morgan fingerprint density at radius 1 is 1.33 bits per heavy atom. The quantitative estimate of drug-likeness (QED) is 0.892. The van der Waals surface area contributed by atoms with Gasteiger partial charge in [-0.1, -0.05) is 19.9 Å². The molecule has 0 aromatic carbocycles. The average Bonchev–Trinajstić information content (AvgIpc) is 2.33. The molecule has 0 radical (unpaired) electrons. The number of hydrogen-bond acceptors (Lipinski definition) is 3. The van der Waals surface area contributed by atoms with Gasteiger partial charge in [0.05, 0.1) is 6.04 Å². The van der Waals surface area contributed by atoms with E-state index in [-0.39, 0.29) is 6.04 Å². The molecule has 2 rings (SSSR count). The fourth-order valence-electron chi connectivity index (χ4n) is 2.81. The van der Waals surface area contributed by atoms with Crippen molar-refractivity contribution in [2.75, 3.05) is 13.1 Å². The highest BCUT2D eigenvalue weighted by Gasteiger charge is 2.31. The van der Waals surface area contributed by atoms with Crippen LogP contribution in [0.2, 0.25) is 0 Å². The van der Waals surface area contributed by atoms with Gasteiger partial charge in [0.25, 0.3) is 0 Å². The summed E-state index contributed by atoms with van der Waals surface area (Å²) in [4.78, 5) is 6.75. The fourth-order valence-corrected chi connectivity index (χ4v) is 2.81. The van der Waals surface area contributed by atoms with E-state index < -0.39 is 0 Å². The maximum atomic E-state index is 6.20. The van der Waals surface area contributed by atoms with Crippen molar-refractivity contribution in [1.29, 1.82) is 0 Å². The second-order valence-corrected chi connectivity index (χ2v) is 6.29. The van der Waals surface area contributed by atoms with E-state index >= 15 is 0 Å². The molecule has 1 saturated heterocycles. The van der Waals surface area contributed by atoms with Crippen LogP contribution in [-0.2, 0) is 0 Å². The number of piperidine rings is 1. The second-order valence-electron chi connectivity index (χ2n) is 6.29. The van der Waals surface area contributed by atoms with Gasteiger partial charge in [-0.25, -0.2) is 0 Å². The monoisotopic (exact) mass is 247 g/mol. The molecule has 1 aliphatic heterocycles. The summed E-state index contributed by atoms with van der Waals surface area (Å²) in [6, 6.07) is 4.57. The van der Waals surface area contributed by atoms with E-state index in [0.717, 1.165) is 13.1 Å². The van der Waals surface area contributed by atoms with Crippen LogP contribution in [0, 0.1) is 5.41 Å². The Morgan fingerprint density at radius 3 is 2.50 bits per heavy atom. The van der Waals surface area contributed by atoms with Gasteiger partial charge < -0.3 is 5.73 Å². The lowest BCUT2D eigenvalue weighted by Crippen LogP contribution is -2.45. The molecule has 1 aliphatic rings. The number of hydrogen-bond donors (Lipinski definition) is 1. The Morgan fingerprint density at radius 2 is 2.00 bits per heavy atom. The number of nitrogens with two attached hydrogens (primary N) is 1.